The topological polar surface area (TPSA) is 12.0 Å². The number of hydrogen-bond donors (Lipinski definition) is 1. The van der Waals surface area contributed by atoms with Crippen molar-refractivity contribution in [1.82, 2.24) is 5.32 Å². The van der Waals surface area contributed by atoms with Crippen LogP contribution < -0.4 is 5.32 Å². The van der Waals surface area contributed by atoms with Crippen LogP contribution in [0.1, 0.15) is 18.4 Å². The highest BCUT2D eigenvalue weighted by Crippen LogP contribution is 2.27. The number of halogens is 2. The minimum atomic E-state index is -0.198. The maximum atomic E-state index is 12.9. The Hall–Kier alpha value is -0.410. The lowest BCUT2D eigenvalue weighted by molar-refractivity contribution is 0.614. The van der Waals surface area contributed by atoms with Gasteiger partial charge in [-0.15, -0.1) is 0 Å². The van der Waals surface area contributed by atoms with E-state index in [1.54, 1.807) is 0 Å². The summed E-state index contributed by atoms with van der Waals surface area (Å²) in [7, 11) is 0. The van der Waals surface area contributed by atoms with Gasteiger partial charge >= 0.3 is 0 Å². The van der Waals surface area contributed by atoms with Crippen molar-refractivity contribution in [3.05, 3.63) is 34.1 Å². The van der Waals surface area contributed by atoms with Crippen molar-refractivity contribution < 1.29 is 4.39 Å². The lowest BCUT2D eigenvalue weighted by Crippen LogP contribution is -2.16. The first kappa shape index (κ1) is 10.1. The Morgan fingerprint density at radius 2 is 2.21 bits per heavy atom. The summed E-state index contributed by atoms with van der Waals surface area (Å²) >= 11 is 3.18. The van der Waals surface area contributed by atoms with Crippen LogP contribution in [0, 0.1) is 11.7 Å². The van der Waals surface area contributed by atoms with Crippen LogP contribution in [0.25, 0.3) is 0 Å². The Balaban J connectivity index is 1.85. The first-order valence-electron chi connectivity index (χ1n) is 4.90. The number of nitrogens with one attached hydrogen (secondary N) is 1. The molecule has 0 saturated heterocycles. The Morgan fingerprint density at radius 1 is 1.43 bits per heavy atom. The SMILES string of the molecule is Fc1ccc(CNCC2CC2)cc1Br. The molecule has 1 N–H and O–H groups in total. The van der Waals surface area contributed by atoms with Gasteiger partial charge in [-0.05, 0) is 58.9 Å². The van der Waals surface area contributed by atoms with Gasteiger partial charge < -0.3 is 5.32 Å². The molecule has 2 rings (SSSR count). The van der Waals surface area contributed by atoms with E-state index < -0.39 is 0 Å². The van der Waals surface area contributed by atoms with Crippen LogP contribution in [-0.4, -0.2) is 6.54 Å². The summed E-state index contributed by atoms with van der Waals surface area (Å²) in [5, 5.41) is 3.37. The smallest absolute Gasteiger partial charge is 0.137 e. The largest absolute Gasteiger partial charge is 0.312 e. The van der Waals surface area contributed by atoms with E-state index in [1.165, 1.54) is 18.9 Å². The molecule has 14 heavy (non-hydrogen) atoms. The van der Waals surface area contributed by atoms with Crippen molar-refractivity contribution in [3.63, 3.8) is 0 Å². The number of rotatable bonds is 4. The minimum absolute atomic E-state index is 0.198. The van der Waals surface area contributed by atoms with Crippen molar-refractivity contribution >= 4 is 15.9 Å². The van der Waals surface area contributed by atoms with Crippen LogP contribution >= 0.6 is 15.9 Å². The second kappa shape index (κ2) is 4.41. The lowest BCUT2D eigenvalue weighted by Gasteiger charge is -2.04. The summed E-state index contributed by atoms with van der Waals surface area (Å²) in [4.78, 5) is 0. The van der Waals surface area contributed by atoms with Gasteiger partial charge in [-0.2, -0.15) is 0 Å². The monoisotopic (exact) mass is 257 g/mol. The third kappa shape index (κ3) is 2.79. The van der Waals surface area contributed by atoms with E-state index in [4.69, 9.17) is 0 Å². The molecule has 1 aliphatic carbocycles. The van der Waals surface area contributed by atoms with Gasteiger partial charge in [0.25, 0.3) is 0 Å². The van der Waals surface area contributed by atoms with Crippen molar-refractivity contribution in [2.75, 3.05) is 6.54 Å². The van der Waals surface area contributed by atoms with Crippen LogP contribution in [0.2, 0.25) is 0 Å². The molecule has 0 unspecified atom stereocenters. The Kier molecular flexibility index (Phi) is 3.19. The molecule has 1 saturated carbocycles. The van der Waals surface area contributed by atoms with Gasteiger partial charge in [0.05, 0.1) is 4.47 Å². The highest BCUT2D eigenvalue weighted by atomic mass is 79.9. The van der Waals surface area contributed by atoms with Crippen LogP contribution in [-0.2, 0) is 6.54 Å². The average molecular weight is 258 g/mol. The molecule has 1 aromatic carbocycles. The zero-order chi connectivity index (χ0) is 9.97. The van der Waals surface area contributed by atoms with Crippen molar-refractivity contribution in [2.24, 2.45) is 5.92 Å². The Bertz CT molecular complexity index is 323. The zero-order valence-electron chi connectivity index (χ0n) is 7.89. The standard InChI is InChI=1S/C11H13BrFN/c12-10-5-9(3-4-11(10)13)7-14-6-8-1-2-8/h3-5,8,14H,1-2,6-7H2. The van der Waals surface area contributed by atoms with Crippen LogP contribution in [0.3, 0.4) is 0 Å². The highest BCUT2D eigenvalue weighted by molar-refractivity contribution is 9.10. The molecule has 0 spiro atoms. The molecule has 1 aliphatic rings. The maximum absolute atomic E-state index is 12.9. The Labute approximate surface area is 91.8 Å². The van der Waals surface area contributed by atoms with Crippen molar-refractivity contribution in [1.29, 1.82) is 0 Å². The fourth-order valence-electron chi connectivity index (χ4n) is 1.39. The van der Waals surface area contributed by atoms with E-state index in [1.807, 2.05) is 12.1 Å². The van der Waals surface area contributed by atoms with E-state index in [9.17, 15) is 4.39 Å². The third-order valence-corrected chi connectivity index (χ3v) is 3.05. The number of hydrogen-bond acceptors (Lipinski definition) is 1. The molecule has 0 aliphatic heterocycles. The fourth-order valence-corrected chi connectivity index (χ4v) is 1.82. The summed E-state index contributed by atoms with van der Waals surface area (Å²) in [6.07, 6.45) is 2.72. The molecule has 0 amide bonds. The third-order valence-electron chi connectivity index (χ3n) is 2.44. The molecule has 0 radical (unpaired) electrons. The van der Waals surface area contributed by atoms with E-state index in [-0.39, 0.29) is 5.82 Å². The molecule has 1 fully saturated rings. The summed E-state index contributed by atoms with van der Waals surface area (Å²) in [6, 6.07) is 5.15. The first-order chi connectivity index (χ1) is 6.75. The molecular weight excluding hydrogens is 245 g/mol. The predicted octanol–water partition coefficient (Wildman–Crippen LogP) is 3.09. The van der Waals surface area contributed by atoms with Gasteiger partial charge in [0.1, 0.15) is 5.82 Å². The first-order valence-corrected chi connectivity index (χ1v) is 5.69. The molecule has 76 valence electrons. The fraction of sp³-hybridized carbons (Fsp3) is 0.455. The van der Waals surface area contributed by atoms with Gasteiger partial charge in [0.2, 0.25) is 0 Å². The lowest BCUT2D eigenvalue weighted by atomic mass is 10.2. The maximum Gasteiger partial charge on any atom is 0.137 e. The molecule has 0 bridgehead atoms. The summed E-state index contributed by atoms with van der Waals surface area (Å²) in [5.74, 6) is 0.690. The second-order valence-corrected chi connectivity index (χ2v) is 4.68. The molecule has 3 heteroatoms. The molecule has 0 aromatic heterocycles. The average Bonchev–Trinajstić information content (AvgIpc) is 2.95. The van der Waals surface area contributed by atoms with Gasteiger partial charge in [0, 0.05) is 6.54 Å². The summed E-state index contributed by atoms with van der Waals surface area (Å²) < 4.78 is 13.4. The molecular formula is C11H13BrFN. The van der Waals surface area contributed by atoms with Crippen molar-refractivity contribution in [2.45, 2.75) is 19.4 Å². The Morgan fingerprint density at radius 3 is 2.86 bits per heavy atom. The predicted molar refractivity (Wildman–Crippen MR) is 58.5 cm³/mol. The van der Waals surface area contributed by atoms with E-state index in [0.29, 0.717) is 4.47 Å². The van der Waals surface area contributed by atoms with Gasteiger partial charge in [-0.3, -0.25) is 0 Å². The molecule has 0 atom stereocenters. The molecule has 1 aromatic rings. The van der Waals surface area contributed by atoms with Gasteiger partial charge in [0.15, 0.2) is 0 Å². The number of benzene rings is 1. The van der Waals surface area contributed by atoms with Crippen LogP contribution in [0.5, 0.6) is 0 Å². The normalized spacial score (nSPS) is 15.9. The van der Waals surface area contributed by atoms with Crippen LogP contribution in [0.4, 0.5) is 4.39 Å². The second-order valence-electron chi connectivity index (χ2n) is 3.82. The van der Waals surface area contributed by atoms with Gasteiger partial charge in [-0.1, -0.05) is 6.07 Å². The summed E-state index contributed by atoms with van der Waals surface area (Å²) in [6.45, 7) is 1.92. The van der Waals surface area contributed by atoms with Gasteiger partial charge in [-0.25, -0.2) is 4.39 Å². The van der Waals surface area contributed by atoms with Crippen LogP contribution in [0.15, 0.2) is 22.7 Å². The summed E-state index contributed by atoms with van der Waals surface area (Å²) in [5.41, 5.74) is 1.12. The highest BCUT2D eigenvalue weighted by Gasteiger charge is 2.20. The minimum Gasteiger partial charge on any atom is -0.312 e. The molecule has 1 nitrogen and oxygen atoms in total. The zero-order valence-corrected chi connectivity index (χ0v) is 9.48. The quantitative estimate of drug-likeness (QED) is 0.875. The van der Waals surface area contributed by atoms with E-state index in [2.05, 4.69) is 21.2 Å². The van der Waals surface area contributed by atoms with E-state index >= 15 is 0 Å². The molecule has 0 heterocycles. The van der Waals surface area contributed by atoms with Crippen molar-refractivity contribution in [3.8, 4) is 0 Å². The van der Waals surface area contributed by atoms with E-state index in [0.717, 1.165) is 24.6 Å².